The zero-order valence-electron chi connectivity index (χ0n) is 12.7. The van der Waals surface area contributed by atoms with Crippen LogP contribution in [0.25, 0.3) is 0 Å². The van der Waals surface area contributed by atoms with Crippen LogP contribution in [0.15, 0.2) is 18.3 Å². The first kappa shape index (κ1) is 15.5. The van der Waals surface area contributed by atoms with Gasteiger partial charge in [-0.2, -0.15) is 4.98 Å². The molecule has 0 amide bonds. The summed E-state index contributed by atoms with van der Waals surface area (Å²) in [7, 11) is 7.20. The van der Waals surface area contributed by atoms with E-state index in [4.69, 9.17) is 9.47 Å². The summed E-state index contributed by atoms with van der Waals surface area (Å²) in [4.78, 5) is 11.6. The second-order valence-corrected chi connectivity index (χ2v) is 5.70. The normalized spacial score (nSPS) is 10.5. The van der Waals surface area contributed by atoms with Crippen LogP contribution in [0.5, 0.6) is 11.8 Å². The number of rotatable bonds is 7. The van der Waals surface area contributed by atoms with Crippen molar-refractivity contribution in [1.82, 2.24) is 15.3 Å². The minimum Gasteiger partial charge on any atom is -0.481 e. The van der Waals surface area contributed by atoms with Gasteiger partial charge in [0.1, 0.15) is 0 Å². The molecule has 1 N–H and O–H groups in total. The maximum absolute atomic E-state index is 5.32. The molecular formula is C14H20N4O2S. The lowest BCUT2D eigenvalue weighted by molar-refractivity contribution is 0.394. The van der Waals surface area contributed by atoms with Crippen molar-refractivity contribution in [3.8, 4) is 11.8 Å². The first-order chi connectivity index (χ1) is 10.1. The summed E-state index contributed by atoms with van der Waals surface area (Å²) in [6.45, 7) is 1.44. The van der Waals surface area contributed by atoms with E-state index >= 15 is 0 Å². The van der Waals surface area contributed by atoms with Gasteiger partial charge < -0.3 is 19.7 Å². The number of nitrogens with one attached hydrogen (secondary N) is 1. The van der Waals surface area contributed by atoms with E-state index in [1.54, 1.807) is 31.8 Å². The van der Waals surface area contributed by atoms with E-state index in [1.165, 1.54) is 0 Å². The van der Waals surface area contributed by atoms with E-state index in [0.717, 1.165) is 22.1 Å². The molecule has 0 aliphatic heterocycles. The summed E-state index contributed by atoms with van der Waals surface area (Å²) < 4.78 is 10.4. The van der Waals surface area contributed by atoms with Gasteiger partial charge in [-0.05, 0) is 11.6 Å². The van der Waals surface area contributed by atoms with Crippen molar-refractivity contribution in [2.75, 3.05) is 33.2 Å². The van der Waals surface area contributed by atoms with Crippen LogP contribution in [0, 0.1) is 0 Å². The van der Waals surface area contributed by atoms with E-state index in [9.17, 15) is 0 Å². The summed E-state index contributed by atoms with van der Waals surface area (Å²) in [5.41, 5.74) is 1.12. The standard InChI is InChI=1S/C14H20N4O2S/c1-18(2)14-17-13(20-4)11(21-14)9-15-8-10-5-6-16-12(7-10)19-3/h5-7,15H,8-9H2,1-4H3. The first-order valence-electron chi connectivity index (χ1n) is 6.54. The van der Waals surface area contributed by atoms with E-state index in [2.05, 4.69) is 15.3 Å². The molecule has 2 aromatic heterocycles. The Kier molecular flexibility index (Phi) is 5.35. The Balaban J connectivity index is 1.96. The number of thiazole rings is 1. The number of pyridine rings is 1. The third-order valence-corrected chi connectivity index (χ3v) is 4.05. The minimum atomic E-state index is 0.625. The predicted molar refractivity (Wildman–Crippen MR) is 84.3 cm³/mol. The molecule has 0 saturated carbocycles. The third-order valence-electron chi connectivity index (χ3n) is 2.85. The molecule has 0 aromatic carbocycles. The molecule has 0 unspecified atom stereocenters. The zero-order chi connectivity index (χ0) is 15.2. The van der Waals surface area contributed by atoms with Gasteiger partial charge in [-0.1, -0.05) is 11.3 Å². The molecule has 0 aliphatic rings. The van der Waals surface area contributed by atoms with E-state index in [0.29, 0.717) is 18.3 Å². The summed E-state index contributed by atoms with van der Waals surface area (Å²) >= 11 is 1.63. The SMILES string of the molecule is COc1cc(CNCc2sc(N(C)C)nc2OC)ccn1. The van der Waals surface area contributed by atoms with Gasteiger partial charge in [0.25, 0.3) is 0 Å². The van der Waals surface area contributed by atoms with Crippen molar-refractivity contribution in [2.45, 2.75) is 13.1 Å². The topological polar surface area (TPSA) is 59.5 Å². The summed E-state index contributed by atoms with van der Waals surface area (Å²) in [6.07, 6.45) is 1.74. The average molecular weight is 308 g/mol. The fourth-order valence-electron chi connectivity index (χ4n) is 1.78. The van der Waals surface area contributed by atoms with Crippen LogP contribution < -0.4 is 19.7 Å². The Morgan fingerprint density at radius 1 is 1.24 bits per heavy atom. The van der Waals surface area contributed by atoms with Crippen LogP contribution in [-0.4, -0.2) is 38.3 Å². The van der Waals surface area contributed by atoms with Gasteiger partial charge in [0.05, 0.1) is 19.1 Å². The van der Waals surface area contributed by atoms with E-state index in [-0.39, 0.29) is 0 Å². The summed E-state index contributed by atoms with van der Waals surface area (Å²) in [6, 6.07) is 3.88. The third kappa shape index (κ3) is 4.05. The van der Waals surface area contributed by atoms with Gasteiger partial charge in [0.2, 0.25) is 11.8 Å². The number of hydrogen-bond donors (Lipinski definition) is 1. The second-order valence-electron chi connectivity index (χ2n) is 4.63. The minimum absolute atomic E-state index is 0.625. The average Bonchev–Trinajstić information content (AvgIpc) is 2.91. The molecule has 0 bridgehead atoms. The highest BCUT2D eigenvalue weighted by Gasteiger charge is 2.12. The zero-order valence-corrected chi connectivity index (χ0v) is 13.5. The molecule has 6 nitrogen and oxygen atoms in total. The first-order valence-corrected chi connectivity index (χ1v) is 7.36. The molecule has 7 heteroatoms. The Hall–Kier alpha value is -1.86. The van der Waals surface area contributed by atoms with Crippen molar-refractivity contribution in [2.24, 2.45) is 0 Å². The van der Waals surface area contributed by atoms with Crippen LogP contribution in [0.1, 0.15) is 10.4 Å². The fourth-order valence-corrected chi connectivity index (χ4v) is 2.70. The number of aromatic nitrogens is 2. The number of ether oxygens (including phenoxy) is 2. The Morgan fingerprint density at radius 3 is 2.71 bits per heavy atom. The Labute approximate surface area is 128 Å². The smallest absolute Gasteiger partial charge is 0.230 e. The molecule has 2 heterocycles. The van der Waals surface area contributed by atoms with Gasteiger partial charge in [-0.25, -0.2) is 4.98 Å². The number of methoxy groups -OCH3 is 2. The largest absolute Gasteiger partial charge is 0.481 e. The van der Waals surface area contributed by atoms with Gasteiger partial charge in [0.15, 0.2) is 5.13 Å². The maximum atomic E-state index is 5.32. The summed E-state index contributed by atoms with van der Waals surface area (Å²) in [5.74, 6) is 1.31. The van der Waals surface area contributed by atoms with Crippen LogP contribution in [0.3, 0.4) is 0 Å². The summed E-state index contributed by atoms with van der Waals surface area (Å²) in [5, 5.41) is 4.32. The highest BCUT2D eigenvalue weighted by Crippen LogP contribution is 2.30. The number of anilines is 1. The molecular weight excluding hydrogens is 288 g/mol. The molecule has 21 heavy (non-hydrogen) atoms. The van der Waals surface area contributed by atoms with Gasteiger partial charge in [-0.3, -0.25) is 0 Å². The molecule has 114 valence electrons. The predicted octanol–water partition coefficient (Wildman–Crippen LogP) is 1.91. The van der Waals surface area contributed by atoms with Gasteiger partial charge in [0, 0.05) is 39.4 Å². The maximum Gasteiger partial charge on any atom is 0.230 e. The Bertz CT molecular complexity index is 586. The van der Waals surface area contributed by atoms with Gasteiger partial charge >= 0.3 is 0 Å². The van der Waals surface area contributed by atoms with Crippen molar-refractivity contribution in [1.29, 1.82) is 0 Å². The number of nitrogens with zero attached hydrogens (tertiary/aromatic N) is 3. The van der Waals surface area contributed by atoms with E-state index < -0.39 is 0 Å². The van der Waals surface area contributed by atoms with Gasteiger partial charge in [-0.15, -0.1) is 0 Å². The van der Waals surface area contributed by atoms with Crippen molar-refractivity contribution < 1.29 is 9.47 Å². The van der Waals surface area contributed by atoms with Crippen molar-refractivity contribution in [3.05, 3.63) is 28.8 Å². The molecule has 0 spiro atoms. The second kappa shape index (κ2) is 7.24. The van der Waals surface area contributed by atoms with Crippen LogP contribution >= 0.6 is 11.3 Å². The molecule has 2 rings (SSSR count). The van der Waals surface area contributed by atoms with Crippen LogP contribution in [0.4, 0.5) is 5.13 Å². The number of hydrogen-bond acceptors (Lipinski definition) is 7. The monoisotopic (exact) mass is 308 g/mol. The highest BCUT2D eigenvalue weighted by molar-refractivity contribution is 7.15. The van der Waals surface area contributed by atoms with Crippen LogP contribution in [0.2, 0.25) is 0 Å². The van der Waals surface area contributed by atoms with Crippen LogP contribution in [-0.2, 0) is 13.1 Å². The van der Waals surface area contributed by atoms with E-state index in [1.807, 2.05) is 31.1 Å². The molecule has 0 aliphatic carbocycles. The molecule has 0 fully saturated rings. The van der Waals surface area contributed by atoms with Crippen molar-refractivity contribution >= 4 is 16.5 Å². The Morgan fingerprint density at radius 2 is 2.05 bits per heavy atom. The molecule has 2 aromatic rings. The molecule has 0 atom stereocenters. The molecule has 0 radical (unpaired) electrons. The quantitative estimate of drug-likeness (QED) is 0.843. The fraction of sp³-hybridized carbons (Fsp3) is 0.429. The van der Waals surface area contributed by atoms with Crippen molar-refractivity contribution in [3.63, 3.8) is 0 Å². The lowest BCUT2D eigenvalue weighted by atomic mass is 10.2. The molecule has 0 saturated heterocycles. The lowest BCUT2D eigenvalue weighted by Gasteiger charge is -2.06. The lowest BCUT2D eigenvalue weighted by Crippen LogP contribution is -2.12. The highest BCUT2D eigenvalue weighted by atomic mass is 32.1.